The van der Waals surface area contributed by atoms with E-state index in [4.69, 9.17) is 0 Å². The van der Waals surface area contributed by atoms with Crippen molar-refractivity contribution in [1.29, 1.82) is 0 Å². The molecule has 0 bridgehead atoms. The van der Waals surface area contributed by atoms with Gasteiger partial charge in [0.2, 0.25) is 16.9 Å². The van der Waals surface area contributed by atoms with Gasteiger partial charge in [-0.25, -0.2) is 0 Å². The van der Waals surface area contributed by atoms with Crippen molar-refractivity contribution >= 4 is 39.9 Å². The quantitative estimate of drug-likeness (QED) is 0.768. The average molecular weight is 317 g/mol. The molecule has 0 saturated heterocycles. The van der Waals surface area contributed by atoms with Gasteiger partial charge in [0.15, 0.2) is 0 Å². The van der Waals surface area contributed by atoms with Gasteiger partial charge < -0.3 is 16.0 Å². The molecule has 1 aliphatic heterocycles. The Kier molecular flexibility index (Phi) is 3.79. The molecule has 2 aromatic rings. The molecule has 22 heavy (non-hydrogen) atoms. The topological polar surface area (TPSA) is 113 Å². The first-order valence-electron chi connectivity index (χ1n) is 6.40. The van der Waals surface area contributed by atoms with Crippen molar-refractivity contribution in [3.05, 3.63) is 35.3 Å². The lowest BCUT2D eigenvalue weighted by Gasteiger charge is -2.13. The van der Waals surface area contributed by atoms with Crippen LogP contribution in [0.3, 0.4) is 0 Å². The van der Waals surface area contributed by atoms with Crippen LogP contribution in [0.25, 0.3) is 0 Å². The number of aromatic nitrogens is 2. The fraction of sp³-hybridized carbons (Fsp3) is 0.154. The monoisotopic (exact) mass is 317 g/mol. The molecule has 2 heterocycles. The zero-order chi connectivity index (χ0) is 15.5. The van der Waals surface area contributed by atoms with E-state index in [1.165, 1.54) is 16.8 Å². The van der Waals surface area contributed by atoms with E-state index in [0.29, 0.717) is 16.4 Å². The lowest BCUT2D eigenvalue weighted by atomic mass is 10.1. The minimum atomic E-state index is -0.951. The van der Waals surface area contributed by atoms with Gasteiger partial charge in [-0.15, -0.1) is 10.2 Å². The predicted octanol–water partition coefficient (Wildman–Crippen LogP) is 0.617. The van der Waals surface area contributed by atoms with Crippen LogP contribution in [0.15, 0.2) is 29.8 Å². The number of fused-ring (bicyclic) bond motifs is 1. The maximum Gasteiger partial charge on any atom is 0.254 e. The SMILES string of the molecule is O=C(C[C@H]1NC(=O)c2ccccc2NC1=O)Nc1nncs1. The van der Waals surface area contributed by atoms with Crippen molar-refractivity contribution in [2.24, 2.45) is 0 Å². The highest BCUT2D eigenvalue weighted by atomic mass is 32.1. The molecule has 112 valence electrons. The van der Waals surface area contributed by atoms with E-state index in [9.17, 15) is 14.4 Å². The van der Waals surface area contributed by atoms with E-state index in [2.05, 4.69) is 26.1 Å². The van der Waals surface area contributed by atoms with Gasteiger partial charge in [-0.2, -0.15) is 0 Å². The number of para-hydroxylation sites is 1. The van der Waals surface area contributed by atoms with Crippen LogP contribution >= 0.6 is 11.3 Å². The minimum absolute atomic E-state index is 0.189. The predicted molar refractivity (Wildman–Crippen MR) is 79.5 cm³/mol. The molecule has 0 spiro atoms. The van der Waals surface area contributed by atoms with Crippen LogP contribution in [-0.2, 0) is 9.59 Å². The Hall–Kier alpha value is -2.81. The second-order valence-corrected chi connectivity index (χ2v) is 5.39. The molecule has 8 nitrogen and oxygen atoms in total. The summed E-state index contributed by atoms with van der Waals surface area (Å²) in [6, 6.07) is 5.71. The molecular formula is C13H11N5O3S. The molecule has 0 unspecified atom stereocenters. The van der Waals surface area contributed by atoms with E-state index in [-0.39, 0.29) is 6.42 Å². The van der Waals surface area contributed by atoms with Gasteiger partial charge in [0.05, 0.1) is 17.7 Å². The van der Waals surface area contributed by atoms with Crippen molar-refractivity contribution in [2.45, 2.75) is 12.5 Å². The van der Waals surface area contributed by atoms with E-state index in [0.717, 1.165) is 0 Å². The third kappa shape index (κ3) is 2.93. The number of rotatable bonds is 3. The summed E-state index contributed by atoms with van der Waals surface area (Å²) in [5.41, 5.74) is 2.27. The number of hydrogen-bond donors (Lipinski definition) is 3. The summed E-state index contributed by atoms with van der Waals surface area (Å²) < 4.78 is 0. The summed E-state index contributed by atoms with van der Waals surface area (Å²) in [7, 11) is 0. The van der Waals surface area contributed by atoms with Crippen LogP contribution in [0.4, 0.5) is 10.8 Å². The maximum atomic E-state index is 12.1. The van der Waals surface area contributed by atoms with Gasteiger partial charge in [0.1, 0.15) is 11.6 Å². The Morgan fingerprint density at radius 1 is 1.32 bits per heavy atom. The van der Waals surface area contributed by atoms with Crippen molar-refractivity contribution in [2.75, 3.05) is 10.6 Å². The standard InChI is InChI=1S/C13H11N5O3S/c19-10(17-13-18-14-6-22-13)5-9-12(21)15-8-4-2-1-3-7(8)11(20)16-9/h1-4,6,9H,5H2,(H,15,21)(H,16,20)(H,17,18,19)/t9-/m1/s1. The molecule has 0 fully saturated rings. The van der Waals surface area contributed by atoms with Crippen molar-refractivity contribution in [1.82, 2.24) is 15.5 Å². The molecule has 3 rings (SSSR count). The smallest absolute Gasteiger partial charge is 0.254 e. The van der Waals surface area contributed by atoms with Crippen LogP contribution < -0.4 is 16.0 Å². The highest BCUT2D eigenvalue weighted by Gasteiger charge is 2.29. The van der Waals surface area contributed by atoms with Crippen LogP contribution in [0.1, 0.15) is 16.8 Å². The number of anilines is 2. The molecule has 0 aliphatic carbocycles. The van der Waals surface area contributed by atoms with E-state index in [1.807, 2.05) is 0 Å². The molecule has 0 saturated carbocycles. The summed E-state index contributed by atoms with van der Waals surface area (Å²) in [6.07, 6.45) is -0.189. The number of amides is 3. The Bertz CT molecular complexity index is 731. The molecule has 3 N–H and O–H groups in total. The number of hydrogen-bond acceptors (Lipinski definition) is 6. The number of carbonyl (C=O) groups excluding carboxylic acids is 3. The number of carbonyl (C=O) groups is 3. The van der Waals surface area contributed by atoms with Crippen molar-refractivity contribution in [3.63, 3.8) is 0 Å². The van der Waals surface area contributed by atoms with E-state index < -0.39 is 23.8 Å². The van der Waals surface area contributed by atoms with Crippen LogP contribution in [0, 0.1) is 0 Å². The summed E-state index contributed by atoms with van der Waals surface area (Å²) >= 11 is 1.17. The first-order valence-corrected chi connectivity index (χ1v) is 7.28. The van der Waals surface area contributed by atoms with Gasteiger partial charge in [0.25, 0.3) is 5.91 Å². The zero-order valence-electron chi connectivity index (χ0n) is 11.2. The van der Waals surface area contributed by atoms with Crippen molar-refractivity contribution < 1.29 is 14.4 Å². The molecule has 1 atom stereocenters. The average Bonchev–Trinajstić information content (AvgIpc) is 2.95. The van der Waals surface area contributed by atoms with Crippen LogP contribution in [0.5, 0.6) is 0 Å². The Labute approximate surface area is 128 Å². The van der Waals surface area contributed by atoms with Gasteiger partial charge in [-0.1, -0.05) is 23.5 Å². The van der Waals surface area contributed by atoms with Gasteiger partial charge in [-0.05, 0) is 12.1 Å². The van der Waals surface area contributed by atoms with Crippen molar-refractivity contribution in [3.8, 4) is 0 Å². The first-order chi connectivity index (χ1) is 10.6. The Balaban J connectivity index is 1.71. The molecule has 3 amide bonds. The summed E-state index contributed by atoms with van der Waals surface area (Å²) in [5, 5.41) is 15.3. The van der Waals surface area contributed by atoms with E-state index in [1.54, 1.807) is 24.3 Å². The summed E-state index contributed by atoms with van der Waals surface area (Å²) in [5.74, 6) is -1.27. The van der Waals surface area contributed by atoms with Crippen LogP contribution in [-0.4, -0.2) is 34.0 Å². The molecule has 9 heteroatoms. The number of benzene rings is 1. The van der Waals surface area contributed by atoms with Crippen LogP contribution in [0.2, 0.25) is 0 Å². The third-order valence-corrected chi connectivity index (χ3v) is 3.65. The molecule has 1 aromatic carbocycles. The lowest BCUT2D eigenvalue weighted by molar-refractivity contribution is -0.122. The highest BCUT2D eigenvalue weighted by molar-refractivity contribution is 7.13. The third-order valence-electron chi connectivity index (χ3n) is 3.05. The molecule has 1 aromatic heterocycles. The maximum absolute atomic E-state index is 12.1. The van der Waals surface area contributed by atoms with Gasteiger partial charge >= 0.3 is 0 Å². The van der Waals surface area contributed by atoms with Gasteiger partial charge in [-0.3, -0.25) is 14.4 Å². The minimum Gasteiger partial charge on any atom is -0.340 e. The Morgan fingerprint density at radius 2 is 2.14 bits per heavy atom. The second kappa shape index (κ2) is 5.90. The van der Waals surface area contributed by atoms with Gasteiger partial charge in [0, 0.05) is 0 Å². The second-order valence-electron chi connectivity index (χ2n) is 4.56. The molecular weight excluding hydrogens is 306 g/mol. The first kappa shape index (κ1) is 14.1. The molecule has 1 aliphatic rings. The fourth-order valence-corrected chi connectivity index (χ4v) is 2.50. The highest BCUT2D eigenvalue weighted by Crippen LogP contribution is 2.19. The summed E-state index contributed by atoms with van der Waals surface area (Å²) in [6.45, 7) is 0. The number of nitrogens with zero attached hydrogens (tertiary/aromatic N) is 2. The van der Waals surface area contributed by atoms with E-state index >= 15 is 0 Å². The molecule has 0 radical (unpaired) electrons. The number of nitrogens with one attached hydrogen (secondary N) is 3. The normalized spacial score (nSPS) is 17.0. The fourth-order valence-electron chi connectivity index (χ4n) is 2.04. The Morgan fingerprint density at radius 3 is 2.91 bits per heavy atom. The lowest BCUT2D eigenvalue weighted by Crippen LogP contribution is -2.43. The largest absolute Gasteiger partial charge is 0.340 e. The summed E-state index contributed by atoms with van der Waals surface area (Å²) in [4.78, 5) is 36.1. The zero-order valence-corrected chi connectivity index (χ0v) is 12.0.